The van der Waals surface area contributed by atoms with Gasteiger partial charge < -0.3 is 19.5 Å². The van der Waals surface area contributed by atoms with E-state index in [1.54, 1.807) is 19.1 Å². The Bertz CT molecular complexity index is 756. The Morgan fingerprint density at radius 2 is 1.92 bits per heavy atom. The van der Waals surface area contributed by atoms with Crippen LogP contribution in [-0.2, 0) is 14.3 Å². The fourth-order valence-electron chi connectivity index (χ4n) is 2.59. The lowest BCUT2D eigenvalue weighted by Gasteiger charge is -2.33. The average Bonchev–Trinajstić information content (AvgIpc) is 3.00. The second-order valence-electron chi connectivity index (χ2n) is 5.91. The molecule has 0 radical (unpaired) electrons. The Balaban J connectivity index is 1.57. The van der Waals surface area contributed by atoms with Gasteiger partial charge in [0.2, 0.25) is 0 Å². The maximum atomic E-state index is 11.9. The number of carbonyl (C=O) groups is 2. The molecule has 1 aromatic heterocycles. The van der Waals surface area contributed by atoms with E-state index in [9.17, 15) is 9.59 Å². The van der Waals surface area contributed by atoms with E-state index in [1.165, 1.54) is 6.07 Å². The zero-order valence-electron chi connectivity index (χ0n) is 14.1. The van der Waals surface area contributed by atoms with Crippen molar-refractivity contribution in [2.45, 2.75) is 20.0 Å². The van der Waals surface area contributed by atoms with Gasteiger partial charge in [-0.3, -0.25) is 14.9 Å². The minimum absolute atomic E-state index is 0.192. The van der Waals surface area contributed by atoms with Crippen LogP contribution in [-0.4, -0.2) is 42.8 Å². The van der Waals surface area contributed by atoms with Crippen LogP contribution in [0.1, 0.15) is 12.7 Å². The maximum absolute atomic E-state index is 11.9. The molecule has 2 amide bonds. The van der Waals surface area contributed by atoms with Gasteiger partial charge in [0.25, 0.3) is 0 Å². The summed E-state index contributed by atoms with van der Waals surface area (Å²) in [6.45, 7) is 6.08. The minimum atomic E-state index is -0.806. The molecule has 2 heterocycles. The molecule has 1 unspecified atom stereocenters. The molecule has 0 saturated carbocycles. The van der Waals surface area contributed by atoms with Gasteiger partial charge in [-0.1, -0.05) is 5.16 Å². The van der Waals surface area contributed by atoms with Gasteiger partial charge >= 0.3 is 11.8 Å². The van der Waals surface area contributed by atoms with Gasteiger partial charge in [-0.25, -0.2) is 0 Å². The van der Waals surface area contributed by atoms with Gasteiger partial charge in [-0.2, -0.15) is 0 Å². The van der Waals surface area contributed by atoms with Gasteiger partial charge in [0, 0.05) is 30.5 Å². The first kappa shape index (κ1) is 17.0. The number of amides is 2. The van der Waals surface area contributed by atoms with Crippen LogP contribution in [0.3, 0.4) is 0 Å². The lowest BCUT2D eigenvalue weighted by molar-refractivity contribution is -0.133. The third kappa shape index (κ3) is 4.36. The number of anilines is 3. The third-order valence-corrected chi connectivity index (χ3v) is 3.81. The summed E-state index contributed by atoms with van der Waals surface area (Å²) in [5, 5.41) is 8.54. The lowest BCUT2D eigenvalue weighted by Crippen LogP contribution is -2.41. The summed E-state index contributed by atoms with van der Waals surface area (Å²) in [5.74, 6) is -0.828. The number of nitrogens with zero attached hydrogens (tertiary/aromatic N) is 2. The van der Waals surface area contributed by atoms with Gasteiger partial charge in [-0.15, -0.1) is 0 Å². The molecule has 0 spiro atoms. The molecule has 1 aliphatic rings. The first-order chi connectivity index (χ1) is 12.0. The van der Waals surface area contributed by atoms with Crippen LogP contribution in [0.15, 0.2) is 34.9 Å². The molecule has 132 valence electrons. The molecule has 8 nitrogen and oxygen atoms in total. The van der Waals surface area contributed by atoms with Crippen molar-refractivity contribution in [3.63, 3.8) is 0 Å². The molecule has 1 aliphatic heterocycles. The van der Waals surface area contributed by atoms with Crippen LogP contribution in [0.2, 0.25) is 0 Å². The Kier molecular flexibility index (Phi) is 4.99. The first-order valence-corrected chi connectivity index (χ1v) is 8.03. The molecule has 1 aromatic carbocycles. The molecule has 0 aliphatic carbocycles. The summed E-state index contributed by atoms with van der Waals surface area (Å²) in [7, 11) is 0. The van der Waals surface area contributed by atoms with Gasteiger partial charge in [-0.05, 0) is 38.1 Å². The van der Waals surface area contributed by atoms with E-state index in [1.807, 2.05) is 19.1 Å². The van der Waals surface area contributed by atoms with E-state index < -0.39 is 11.8 Å². The predicted octanol–water partition coefficient (Wildman–Crippen LogP) is 1.79. The topological polar surface area (TPSA) is 96.7 Å². The first-order valence-electron chi connectivity index (χ1n) is 8.03. The van der Waals surface area contributed by atoms with Crippen molar-refractivity contribution in [3.05, 3.63) is 36.1 Å². The van der Waals surface area contributed by atoms with E-state index in [2.05, 4.69) is 20.7 Å². The average molecular weight is 344 g/mol. The maximum Gasteiger partial charge on any atom is 0.315 e. The number of ether oxygens (including phenoxy) is 1. The standard InChI is InChI=1S/C17H20N4O4/c1-11-9-15(20-25-11)19-17(23)16(22)18-13-3-5-14(6-4-13)21-7-8-24-12(2)10-21/h3-6,9,12H,7-8,10H2,1-2H3,(H,18,22)(H,19,20,23). The Hall–Kier alpha value is -2.87. The van der Waals surface area contributed by atoms with Crippen LogP contribution >= 0.6 is 0 Å². The lowest BCUT2D eigenvalue weighted by atomic mass is 10.2. The molecule has 1 saturated heterocycles. The molecule has 1 fully saturated rings. The SMILES string of the molecule is Cc1cc(NC(=O)C(=O)Nc2ccc(N3CCOC(C)C3)cc2)no1. The fraction of sp³-hybridized carbons (Fsp3) is 0.353. The quantitative estimate of drug-likeness (QED) is 0.824. The number of aryl methyl sites for hydroxylation is 1. The summed E-state index contributed by atoms with van der Waals surface area (Å²) in [4.78, 5) is 26.0. The highest BCUT2D eigenvalue weighted by Gasteiger charge is 2.18. The predicted molar refractivity (Wildman–Crippen MR) is 92.6 cm³/mol. The summed E-state index contributed by atoms with van der Waals surface area (Å²) >= 11 is 0. The molecule has 1 atom stereocenters. The van der Waals surface area contributed by atoms with Crippen molar-refractivity contribution in [2.75, 3.05) is 35.2 Å². The van der Waals surface area contributed by atoms with Crippen LogP contribution in [0.25, 0.3) is 0 Å². The van der Waals surface area contributed by atoms with Crippen LogP contribution in [0, 0.1) is 6.92 Å². The Labute approximate surface area is 145 Å². The van der Waals surface area contributed by atoms with Gasteiger partial charge in [0.1, 0.15) is 5.76 Å². The van der Waals surface area contributed by atoms with Crippen molar-refractivity contribution in [1.29, 1.82) is 0 Å². The smallest absolute Gasteiger partial charge is 0.315 e. The minimum Gasteiger partial charge on any atom is -0.375 e. The van der Waals surface area contributed by atoms with Gasteiger partial charge in [0.05, 0.1) is 12.7 Å². The van der Waals surface area contributed by atoms with Crippen LogP contribution in [0.4, 0.5) is 17.2 Å². The number of aromatic nitrogens is 1. The molecular formula is C17H20N4O4. The molecule has 0 bridgehead atoms. The fourth-order valence-corrected chi connectivity index (χ4v) is 2.59. The second-order valence-corrected chi connectivity index (χ2v) is 5.91. The van der Waals surface area contributed by atoms with Crippen LogP contribution < -0.4 is 15.5 Å². The van der Waals surface area contributed by atoms with Crippen molar-refractivity contribution >= 4 is 29.0 Å². The monoisotopic (exact) mass is 344 g/mol. The molecule has 8 heteroatoms. The number of hydrogen-bond acceptors (Lipinski definition) is 6. The molecule has 2 aromatic rings. The number of rotatable bonds is 3. The van der Waals surface area contributed by atoms with Crippen molar-refractivity contribution in [3.8, 4) is 0 Å². The highest BCUT2D eigenvalue weighted by Crippen LogP contribution is 2.20. The van der Waals surface area contributed by atoms with E-state index in [4.69, 9.17) is 9.26 Å². The molecule has 25 heavy (non-hydrogen) atoms. The number of morpholine rings is 1. The summed E-state index contributed by atoms with van der Waals surface area (Å²) < 4.78 is 10.4. The summed E-state index contributed by atoms with van der Waals surface area (Å²) in [6, 6.07) is 8.88. The Morgan fingerprint density at radius 3 is 2.56 bits per heavy atom. The molecular weight excluding hydrogens is 324 g/mol. The van der Waals surface area contributed by atoms with E-state index in [0.717, 1.165) is 18.8 Å². The normalized spacial score (nSPS) is 17.2. The van der Waals surface area contributed by atoms with Gasteiger partial charge in [0.15, 0.2) is 5.82 Å². The van der Waals surface area contributed by atoms with Crippen molar-refractivity contribution < 1.29 is 18.8 Å². The highest BCUT2D eigenvalue weighted by atomic mass is 16.5. The zero-order valence-corrected chi connectivity index (χ0v) is 14.1. The molecule has 3 rings (SSSR count). The summed E-state index contributed by atoms with van der Waals surface area (Å²) in [5.41, 5.74) is 1.59. The van der Waals surface area contributed by atoms with E-state index >= 15 is 0 Å². The molecule has 2 N–H and O–H groups in total. The number of carbonyl (C=O) groups excluding carboxylic acids is 2. The Morgan fingerprint density at radius 1 is 1.20 bits per heavy atom. The van der Waals surface area contributed by atoms with E-state index in [-0.39, 0.29) is 11.9 Å². The zero-order chi connectivity index (χ0) is 17.8. The number of nitrogens with one attached hydrogen (secondary N) is 2. The second kappa shape index (κ2) is 7.35. The third-order valence-electron chi connectivity index (χ3n) is 3.81. The van der Waals surface area contributed by atoms with Crippen LogP contribution in [0.5, 0.6) is 0 Å². The van der Waals surface area contributed by atoms with E-state index in [0.29, 0.717) is 18.1 Å². The number of benzene rings is 1. The number of hydrogen-bond donors (Lipinski definition) is 2. The summed E-state index contributed by atoms with van der Waals surface area (Å²) in [6.07, 6.45) is 0.192. The van der Waals surface area contributed by atoms with Crippen molar-refractivity contribution in [1.82, 2.24) is 5.16 Å². The largest absolute Gasteiger partial charge is 0.375 e. The van der Waals surface area contributed by atoms with Crippen molar-refractivity contribution in [2.24, 2.45) is 0 Å². The highest BCUT2D eigenvalue weighted by molar-refractivity contribution is 6.43.